The van der Waals surface area contributed by atoms with Crippen LogP contribution in [0.15, 0.2) is 68.0 Å². The van der Waals surface area contributed by atoms with Crippen LogP contribution >= 0.6 is 47.8 Å². The van der Waals surface area contributed by atoms with Gasteiger partial charge in [-0.15, -0.1) is 0 Å². The molecule has 3 aromatic carbocycles. The zero-order chi connectivity index (χ0) is 28.3. The molecule has 0 N–H and O–H groups in total. The molecule has 39 heavy (non-hydrogen) atoms. The van der Waals surface area contributed by atoms with Crippen molar-refractivity contribution >= 4 is 65.7 Å². The summed E-state index contributed by atoms with van der Waals surface area (Å²) in [5.74, 6) is -0.622. The Morgan fingerprint density at radius 1 is 0.513 bits per heavy atom. The van der Waals surface area contributed by atoms with Crippen molar-refractivity contribution in [2.24, 2.45) is 0 Å². The molecule has 0 spiro atoms. The van der Waals surface area contributed by atoms with E-state index in [-0.39, 0.29) is 36.2 Å². The molecule has 3 heterocycles. The Bertz CT molecular complexity index is 1250. The number of benzene rings is 3. The number of fused-ring (bicyclic) bond motifs is 3. The monoisotopic (exact) mass is 720 g/mol. The number of esters is 3. The highest BCUT2D eigenvalue weighted by Gasteiger charge is 2.25. The standard InChI is InChI=1S/3C10H9BrO2/c3*1-6-4-7-5-8(11)2-3-9(7)10(12)13-6/h3*2-3,5-6H,4H2,1H3/t2*6-;/m10./s1. The Morgan fingerprint density at radius 2 is 0.769 bits per heavy atom. The highest BCUT2D eigenvalue weighted by atomic mass is 79.9. The van der Waals surface area contributed by atoms with Crippen molar-refractivity contribution in [2.75, 3.05) is 0 Å². The molecule has 0 aliphatic carbocycles. The van der Waals surface area contributed by atoms with Crippen molar-refractivity contribution in [3.63, 3.8) is 0 Å². The molecule has 1 unspecified atom stereocenters. The van der Waals surface area contributed by atoms with Crippen LogP contribution < -0.4 is 0 Å². The second kappa shape index (κ2) is 12.8. The molecule has 3 aliphatic heterocycles. The third kappa shape index (κ3) is 7.58. The summed E-state index contributed by atoms with van der Waals surface area (Å²) in [6, 6.07) is 16.9. The molecule has 0 saturated heterocycles. The minimum absolute atomic E-state index is 0.00528. The fourth-order valence-corrected chi connectivity index (χ4v) is 5.81. The average Bonchev–Trinajstić information content (AvgIpc) is 2.83. The number of halogens is 3. The molecule has 6 nitrogen and oxygen atoms in total. The summed E-state index contributed by atoms with van der Waals surface area (Å²) >= 11 is 10.1. The maximum Gasteiger partial charge on any atom is 0.338 e. The van der Waals surface area contributed by atoms with Gasteiger partial charge in [0.05, 0.1) is 16.7 Å². The van der Waals surface area contributed by atoms with Crippen LogP contribution in [0.4, 0.5) is 0 Å². The molecule has 3 aromatic rings. The Balaban J connectivity index is 0.000000136. The van der Waals surface area contributed by atoms with Gasteiger partial charge in [0.1, 0.15) is 18.3 Å². The summed E-state index contributed by atoms with van der Waals surface area (Å²) in [6.45, 7) is 5.71. The van der Waals surface area contributed by atoms with Crippen LogP contribution in [-0.2, 0) is 33.5 Å². The Morgan fingerprint density at radius 3 is 1.03 bits per heavy atom. The lowest BCUT2D eigenvalue weighted by Crippen LogP contribution is -2.24. The number of ether oxygens (including phenoxy) is 3. The van der Waals surface area contributed by atoms with E-state index in [0.717, 1.165) is 49.4 Å². The number of rotatable bonds is 0. The van der Waals surface area contributed by atoms with Gasteiger partial charge in [-0.25, -0.2) is 14.4 Å². The molecule has 3 aliphatic rings. The molecule has 0 aromatic heterocycles. The van der Waals surface area contributed by atoms with E-state index >= 15 is 0 Å². The van der Waals surface area contributed by atoms with E-state index in [0.29, 0.717) is 16.7 Å². The fourth-order valence-electron chi connectivity index (χ4n) is 4.58. The summed E-state index contributed by atoms with van der Waals surface area (Å²) in [6.07, 6.45) is 2.40. The summed E-state index contributed by atoms with van der Waals surface area (Å²) in [5.41, 5.74) is 5.29. The lowest BCUT2D eigenvalue weighted by Gasteiger charge is -2.21. The average molecular weight is 723 g/mol. The topological polar surface area (TPSA) is 78.9 Å². The van der Waals surface area contributed by atoms with Gasteiger partial charge in [0.25, 0.3) is 0 Å². The first kappa shape index (κ1) is 29.5. The predicted octanol–water partition coefficient (Wildman–Crippen LogP) is 7.65. The van der Waals surface area contributed by atoms with Crippen LogP contribution in [0.1, 0.15) is 68.5 Å². The predicted molar refractivity (Wildman–Crippen MR) is 158 cm³/mol. The SMILES string of the molecule is CC1Cc2cc(Br)ccc2C(=O)O1.C[C@@H]1Cc2cc(Br)ccc2C(=O)O1.C[C@H]1Cc2cc(Br)ccc2C(=O)O1. The normalized spacial score (nSPS) is 20.8. The number of hydrogen-bond acceptors (Lipinski definition) is 6. The minimum Gasteiger partial charge on any atom is -0.459 e. The van der Waals surface area contributed by atoms with Gasteiger partial charge in [0, 0.05) is 32.7 Å². The van der Waals surface area contributed by atoms with Crippen LogP contribution in [0.3, 0.4) is 0 Å². The van der Waals surface area contributed by atoms with Crippen LogP contribution in [0, 0.1) is 0 Å². The van der Waals surface area contributed by atoms with Crippen molar-refractivity contribution in [2.45, 2.75) is 58.3 Å². The third-order valence-corrected chi connectivity index (χ3v) is 7.79. The minimum atomic E-state index is -0.207. The third-order valence-electron chi connectivity index (χ3n) is 6.31. The number of carbonyl (C=O) groups excluding carboxylic acids is 3. The largest absolute Gasteiger partial charge is 0.459 e. The van der Waals surface area contributed by atoms with Crippen molar-refractivity contribution < 1.29 is 28.6 Å². The summed E-state index contributed by atoms with van der Waals surface area (Å²) in [5, 5.41) is 0. The number of cyclic esters (lactones) is 3. The zero-order valence-electron chi connectivity index (χ0n) is 21.6. The smallest absolute Gasteiger partial charge is 0.338 e. The van der Waals surface area contributed by atoms with E-state index in [1.54, 1.807) is 18.2 Å². The van der Waals surface area contributed by atoms with Crippen LogP contribution in [0.5, 0.6) is 0 Å². The molecular formula is C30H27Br3O6. The summed E-state index contributed by atoms with van der Waals surface area (Å²) in [4.78, 5) is 34.1. The van der Waals surface area contributed by atoms with Crippen LogP contribution in [-0.4, -0.2) is 36.2 Å². The van der Waals surface area contributed by atoms with E-state index in [2.05, 4.69) is 47.8 Å². The Hall–Kier alpha value is -2.49. The van der Waals surface area contributed by atoms with Gasteiger partial charge in [-0.1, -0.05) is 47.8 Å². The molecular weight excluding hydrogens is 696 g/mol. The van der Waals surface area contributed by atoms with E-state index < -0.39 is 0 Å². The lowest BCUT2D eigenvalue weighted by atomic mass is 10.00. The first-order valence-electron chi connectivity index (χ1n) is 12.5. The maximum absolute atomic E-state index is 11.4. The first-order valence-corrected chi connectivity index (χ1v) is 14.9. The fraction of sp³-hybridized carbons (Fsp3) is 0.300. The molecule has 204 valence electrons. The van der Waals surface area contributed by atoms with Gasteiger partial charge in [0.15, 0.2) is 0 Å². The second-order valence-electron chi connectivity index (χ2n) is 9.66. The van der Waals surface area contributed by atoms with Crippen molar-refractivity contribution in [3.05, 3.63) is 101 Å². The summed E-state index contributed by atoms with van der Waals surface area (Å²) in [7, 11) is 0. The van der Waals surface area contributed by atoms with Gasteiger partial charge in [0.2, 0.25) is 0 Å². The molecule has 3 atom stereocenters. The van der Waals surface area contributed by atoms with Crippen LogP contribution in [0.2, 0.25) is 0 Å². The molecule has 0 radical (unpaired) electrons. The highest BCUT2D eigenvalue weighted by molar-refractivity contribution is 9.11. The Kier molecular flexibility index (Phi) is 9.67. The molecule has 0 bridgehead atoms. The molecule has 9 heteroatoms. The van der Waals surface area contributed by atoms with E-state index in [1.807, 2.05) is 57.2 Å². The lowest BCUT2D eigenvalue weighted by molar-refractivity contribution is 0.0290. The van der Waals surface area contributed by atoms with Crippen molar-refractivity contribution in [3.8, 4) is 0 Å². The van der Waals surface area contributed by atoms with Gasteiger partial charge in [-0.2, -0.15) is 0 Å². The molecule has 6 rings (SSSR count). The highest BCUT2D eigenvalue weighted by Crippen LogP contribution is 2.26. The second-order valence-corrected chi connectivity index (χ2v) is 12.4. The molecule has 0 amide bonds. The van der Waals surface area contributed by atoms with Gasteiger partial charge < -0.3 is 14.2 Å². The van der Waals surface area contributed by atoms with Gasteiger partial charge in [-0.3, -0.25) is 0 Å². The zero-order valence-corrected chi connectivity index (χ0v) is 26.4. The summed E-state index contributed by atoms with van der Waals surface area (Å²) < 4.78 is 18.3. The van der Waals surface area contributed by atoms with E-state index in [9.17, 15) is 14.4 Å². The maximum atomic E-state index is 11.4. The van der Waals surface area contributed by atoms with Crippen LogP contribution in [0.25, 0.3) is 0 Å². The molecule has 0 saturated carbocycles. The van der Waals surface area contributed by atoms with Gasteiger partial charge >= 0.3 is 17.9 Å². The quantitative estimate of drug-likeness (QED) is 0.175. The Labute approximate surface area is 252 Å². The van der Waals surface area contributed by atoms with E-state index in [1.165, 1.54) is 0 Å². The first-order chi connectivity index (χ1) is 18.5. The van der Waals surface area contributed by atoms with Gasteiger partial charge in [-0.05, 0) is 92.1 Å². The molecule has 0 fully saturated rings. The van der Waals surface area contributed by atoms with Crippen molar-refractivity contribution in [1.82, 2.24) is 0 Å². The van der Waals surface area contributed by atoms with Crippen molar-refractivity contribution in [1.29, 1.82) is 0 Å². The number of carbonyl (C=O) groups is 3. The number of hydrogen-bond donors (Lipinski definition) is 0. The van der Waals surface area contributed by atoms with E-state index in [4.69, 9.17) is 14.2 Å².